The van der Waals surface area contributed by atoms with Gasteiger partial charge in [0.25, 0.3) is 5.69 Å². The number of hydrogen-bond acceptors (Lipinski definition) is 9. The highest BCUT2D eigenvalue weighted by Crippen LogP contribution is 2.22. The Balaban J connectivity index is 2.64. The van der Waals surface area contributed by atoms with Gasteiger partial charge in [-0.1, -0.05) is 149 Å². The number of rotatable bonds is 35. The lowest BCUT2D eigenvalue weighted by Gasteiger charge is -2.19. The maximum absolute atomic E-state index is 13.3. The first-order chi connectivity index (χ1) is 25.8. The Morgan fingerprint density at radius 3 is 1.53 bits per heavy atom. The van der Waals surface area contributed by atoms with Crippen molar-refractivity contribution in [2.24, 2.45) is 11.8 Å². The van der Waals surface area contributed by atoms with Crippen molar-refractivity contribution in [3.63, 3.8) is 0 Å². The van der Waals surface area contributed by atoms with Crippen molar-refractivity contribution in [2.75, 3.05) is 19.8 Å². The molecule has 304 valence electrons. The Kier molecular flexibility index (Phi) is 30.2. The minimum Gasteiger partial charge on any atom is -0.466 e. The summed E-state index contributed by atoms with van der Waals surface area (Å²) < 4.78 is 21.9. The molecule has 1 aromatic rings. The lowest BCUT2D eigenvalue weighted by molar-refractivity contribution is -0.384. The zero-order valence-corrected chi connectivity index (χ0v) is 33.6. The molecule has 1 aromatic carbocycles. The van der Waals surface area contributed by atoms with Crippen LogP contribution >= 0.6 is 0 Å². The lowest BCUT2D eigenvalue weighted by atomic mass is 9.94. The van der Waals surface area contributed by atoms with Gasteiger partial charge in [-0.15, -0.1) is 0 Å². The molecule has 10 heteroatoms. The van der Waals surface area contributed by atoms with Crippen molar-refractivity contribution in [2.45, 2.75) is 188 Å². The van der Waals surface area contributed by atoms with Crippen molar-refractivity contribution in [1.82, 2.24) is 0 Å². The summed E-state index contributed by atoms with van der Waals surface area (Å²) in [6.45, 7) is 6.98. The van der Waals surface area contributed by atoms with Crippen LogP contribution in [0.15, 0.2) is 24.3 Å². The summed E-state index contributed by atoms with van der Waals surface area (Å²) in [6.07, 6.45) is 26.7. The second kappa shape index (κ2) is 33.4. The van der Waals surface area contributed by atoms with E-state index >= 15 is 0 Å². The van der Waals surface area contributed by atoms with Gasteiger partial charge in [-0.3, -0.25) is 19.7 Å². The van der Waals surface area contributed by atoms with Crippen LogP contribution in [0.25, 0.3) is 0 Å². The molecule has 0 bridgehead atoms. The van der Waals surface area contributed by atoms with Crippen LogP contribution in [0.1, 0.15) is 188 Å². The normalized spacial score (nSPS) is 11.7. The molecule has 0 aliphatic rings. The Hall–Kier alpha value is -3.17. The summed E-state index contributed by atoms with van der Waals surface area (Å²) in [5.41, 5.74) is -0.117. The smallest absolute Gasteiger partial charge is 0.466 e. The fourth-order valence-electron chi connectivity index (χ4n) is 6.42. The summed E-state index contributed by atoms with van der Waals surface area (Å²) in [5.74, 6) is -0.608. The third-order valence-corrected chi connectivity index (χ3v) is 9.88. The van der Waals surface area contributed by atoms with Gasteiger partial charge in [-0.25, -0.2) is 4.79 Å². The van der Waals surface area contributed by atoms with E-state index in [1.807, 2.05) is 0 Å². The topological polar surface area (TPSA) is 131 Å². The molecule has 0 saturated carbocycles. The molecule has 0 spiro atoms. The number of unbranched alkanes of at least 4 members (excludes halogenated alkanes) is 18. The van der Waals surface area contributed by atoms with Crippen LogP contribution in [0.2, 0.25) is 0 Å². The fourth-order valence-corrected chi connectivity index (χ4v) is 6.42. The van der Waals surface area contributed by atoms with Gasteiger partial charge >= 0.3 is 18.1 Å². The lowest BCUT2D eigenvalue weighted by Crippen LogP contribution is -2.23. The van der Waals surface area contributed by atoms with Crippen LogP contribution in [0, 0.1) is 22.0 Å². The Morgan fingerprint density at radius 2 is 1.04 bits per heavy atom. The van der Waals surface area contributed by atoms with Crippen LogP contribution in [0.4, 0.5) is 10.5 Å². The van der Waals surface area contributed by atoms with E-state index in [1.165, 1.54) is 114 Å². The monoisotopic (exact) mass is 748 g/mol. The molecule has 1 atom stereocenters. The summed E-state index contributed by atoms with van der Waals surface area (Å²) in [5, 5.41) is 10.9. The number of benzene rings is 1. The molecular weight excluding hydrogens is 674 g/mol. The number of carbonyl (C=O) groups excluding carboxylic acids is 3. The SMILES string of the molecule is CCCCCCCCCCCC(=O)OCCC(CCOC(=O)C(CCCCCCCC)CCCCCCCC)COC(=O)Oc1ccc([N+](=O)[O-])cc1. The van der Waals surface area contributed by atoms with E-state index < -0.39 is 11.1 Å². The van der Waals surface area contributed by atoms with Crippen molar-refractivity contribution in [3.8, 4) is 5.75 Å². The first-order valence-corrected chi connectivity index (χ1v) is 21.2. The largest absolute Gasteiger partial charge is 0.513 e. The highest BCUT2D eigenvalue weighted by atomic mass is 16.7. The molecule has 0 aliphatic heterocycles. The summed E-state index contributed by atoms with van der Waals surface area (Å²) >= 11 is 0. The van der Waals surface area contributed by atoms with Gasteiger partial charge in [0.2, 0.25) is 0 Å². The minimum atomic E-state index is -0.943. The molecule has 0 amide bonds. The second-order valence-corrected chi connectivity index (χ2v) is 14.6. The van der Waals surface area contributed by atoms with Crippen LogP contribution in [0.3, 0.4) is 0 Å². The number of nitro groups is 1. The first-order valence-electron chi connectivity index (χ1n) is 21.2. The van der Waals surface area contributed by atoms with Crippen LogP contribution < -0.4 is 4.74 Å². The number of esters is 2. The van der Waals surface area contributed by atoms with E-state index in [9.17, 15) is 24.5 Å². The summed E-state index contributed by atoms with van der Waals surface area (Å²) in [4.78, 5) is 48.6. The molecule has 10 nitrogen and oxygen atoms in total. The summed E-state index contributed by atoms with van der Waals surface area (Å²) in [7, 11) is 0. The van der Waals surface area contributed by atoms with Crippen LogP contribution in [-0.4, -0.2) is 42.8 Å². The molecule has 0 aliphatic carbocycles. The van der Waals surface area contributed by atoms with E-state index in [2.05, 4.69) is 20.8 Å². The highest BCUT2D eigenvalue weighted by Gasteiger charge is 2.21. The Bertz CT molecular complexity index is 1060. The first kappa shape index (κ1) is 47.9. The molecule has 0 N–H and O–H groups in total. The third kappa shape index (κ3) is 27.1. The zero-order chi connectivity index (χ0) is 38.8. The number of non-ortho nitro benzene ring substituents is 1. The molecular formula is C43H73NO9. The van der Waals surface area contributed by atoms with Gasteiger partial charge in [0.1, 0.15) is 5.75 Å². The van der Waals surface area contributed by atoms with Gasteiger partial charge in [0.15, 0.2) is 0 Å². The standard InChI is InChI=1S/C43H73NO9/c1-4-7-10-13-16-17-18-21-24-27-41(45)50-34-32-37(36-52-43(47)53-40-30-28-39(29-31-40)44(48)49)33-35-51-42(46)38(25-22-19-14-11-8-5-2)26-23-20-15-12-9-6-3/h28-31,37-38H,4-27,32-36H2,1-3H3. The number of nitrogens with zero attached hydrogens (tertiary/aromatic N) is 1. The Morgan fingerprint density at radius 1 is 0.585 bits per heavy atom. The maximum atomic E-state index is 13.3. The van der Waals surface area contributed by atoms with Crippen molar-refractivity contribution in [1.29, 1.82) is 0 Å². The third-order valence-electron chi connectivity index (χ3n) is 9.88. The molecule has 0 saturated heterocycles. The maximum Gasteiger partial charge on any atom is 0.513 e. The zero-order valence-electron chi connectivity index (χ0n) is 33.6. The molecule has 0 fully saturated rings. The minimum absolute atomic E-state index is 0.0158. The number of nitro benzene ring substituents is 1. The average molecular weight is 748 g/mol. The van der Waals surface area contributed by atoms with Gasteiger partial charge in [0, 0.05) is 18.6 Å². The average Bonchev–Trinajstić information content (AvgIpc) is 3.14. The second-order valence-electron chi connectivity index (χ2n) is 14.6. The van der Waals surface area contributed by atoms with Crippen molar-refractivity contribution in [3.05, 3.63) is 34.4 Å². The molecule has 53 heavy (non-hydrogen) atoms. The molecule has 0 heterocycles. The van der Waals surface area contributed by atoms with Crippen molar-refractivity contribution < 1.29 is 38.3 Å². The fraction of sp³-hybridized carbons (Fsp3) is 0.791. The van der Waals surface area contributed by atoms with Crippen LogP contribution in [-0.2, 0) is 23.8 Å². The van der Waals surface area contributed by atoms with E-state index in [0.717, 1.165) is 57.8 Å². The van der Waals surface area contributed by atoms with Gasteiger partial charge in [-0.2, -0.15) is 0 Å². The summed E-state index contributed by atoms with van der Waals surface area (Å²) in [6, 6.07) is 5.15. The molecule has 1 unspecified atom stereocenters. The predicted molar refractivity (Wildman–Crippen MR) is 211 cm³/mol. The number of hydrogen-bond donors (Lipinski definition) is 0. The number of ether oxygens (including phenoxy) is 4. The van der Waals surface area contributed by atoms with E-state index in [0.29, 0.717) is 19.3 Å². The van der Waals surface area contributed by atoms with Gasteiger partial charge in [-0.05, 0) is 50.2 Å². The van der Waals surface area contributed by atoms with Gasteiger partial charge < -0.3 is 18.9 Å². The van der Waals surface area contributed by atoms with E-state index in [-0.39, 0.29) is 55.0 Å². The number of carbonyl (C=O) groups is 3. The quantitative estimate of drug-likeness (QED) is 0.0166. The van der Waals surface area contributed by atoms with Crippen LogP contribution in [0.5, 0.6) is 5.75 Å². The predicted octanol–water partition coefficient (Wildman–Crippen LogP) is 12.6. The molecule has 0 aromatic heterocycles. The Labute approximate surface area is 321 Å². The van der Waals surface area contributed by atoms with E-state index in [1.54, 1.807) is 0 Å². The molecule has 1 rings (SSSR count). The molecule has 0 radical (unpaired) electrons. The van der Waals surface area contributed by atoms with E-state index in [4.69, 9.17) is 18.9 Å². The van der Waals surface area contributed by atoms with Gasteiger partial charge in [0.05, 0.1) is 30.7 Å². The highest BCUT2D eigenvalue weighted by molar-refractivity contribution is 5.72. The van der Waals surface area contributed by atoms with Crippen molar-refractivity contribution >= 4 is 23.8 Å².